The van der Waals surface area contributed by atoms with Gasteiger partial charge in [-0.05, 0) is 37.1 Å². The van der Waals surface area contributed by atoms with E-state index in [2.05, 4.69) is 5.32 Å². The summed E-state index contributed by atoms with van der Waals surface area (Å²) < 4.78 is 27.0. The Kier molecular flexibility index (Phi) is 4.87. The zero-order valence-corrected chi connectivity index (χ0v) is 10.1. The van der Waals surface area contributed by atoms with Gasteiger partial charge in [-0.2, -0.15) is 0 Å². The third-order valence-corrected chi connectivity index (χ3v) is 3.02. The lowest BCUT2D eigenvalue weighted by atomic mass is 9.88. The minimum Gasteiger partial charge on any atom is -0.317 e. The highest BCUT2D eigenvalue weighted by Gasteiger charge is 2.20. The van der Waals surface area contributed by atoms with Crippen molar-refractivity contribution in [2.45, 2.75) is 26.7 Å². The van der Waals surface area contributed by atoms with Crippen molar-refractivity contribution < 1.29 is 8.78 Å². The fourth-order valence-electron chi connectivity index (χ4n) is 1.78. The second-order valence-corrected chi connectivity index (χ2v) is 4.21. The summed E-state index contributed by atoms with van der Waals surface area (Å²) in [4.78, 5) is 0. The Labute approximate surface area is 95.9 Å². The number of halogens is 2. The number of hydrogen-bond donors (Lipinski definition) is 1. The highest BCUT2D eigenvalue weighted by Crippen LogP contribution is 2.28. The molecule has 0 saturated heterocycles. The standard InChI is InChI=1S/C13H19F2N/c1-4-16-8-9(2)10(3)13-11(14)6-5-7-12(13)15/h5-7,9-10,16H,4,8H2,1-3H3. The summed E-state index contributed by atoms with van der Waals surface area (Å²) >= 11 is 0. The van der Waals surface area contributed by atoms with Crippen molar-refractivity contribution in [3.63, 3.8) is 0 Å². The molecule has 0 saturated carbocycles. The topological polar surface area (TPSA) is 12.0 Å². The van der Waals surface area contributed by atoms with Crippen LogP contribution in [0, 0.1) is 17.6 Å². The Morgan fingerprint density at radius 3 is 2.25 bits per heavy atom. The average molecular weight is 227 g/mol. The second-order valence-electron chi connectivity index (χ2n) is 4.21. The predicted octanol–water partition coefficient (Wildman–Crippen LogP) is 3.31. The van der Waals surface area contributed by atoms with E-state index in [1.165, 1.54) is 18.2 Å². The summed E-state index contributed by atoms with van der Waals surface area (Å²) in [6, 6.07) is 4.03. The highest BCUT2D eigenvalue weighted by atomic mass is 19.1. The Morgan fingerprint density at radius 1 is 1.19 bits per heavy atom. The summed E-state index contributed by atoms with van der Waals surface area (Å²) in [5, 5.41) is 3.19. The molecule has 16 heavy (non-hydrogen) atoms. The Bertz CT molecular complexity index is 318. The molecule has 0 aromatic heterocycles. The minimum atomic E-state index is -0.448. The molecular formula is C13H19F2N. The third kappa shape index (κ3) is 3.01. The zero-order chi connectivity index (χ0) is 12.1. The van der Waals surface area contributed by atoms with E-state index in [-0.39, 0.29) is 17.4 Å². The van der Waals surface area contributed by atoms with Crippen molar-refractivity contribution in [2.24, 2.45) is 5.92 Å². The van der Waals surface area contributed by atoms with Crippen LogP contribution in [0.5, 0.6) is 0 Å². The van der Waals surface area contributed by atoms with Crippen LogP contribution in [0.2, 0.25) is 0 Å². The van der Waals surface area contributed by atoms with Crippen LogP contribution in [0.3, 0.4) is 0 Å². The van der Waals surface area contributed by atoms with E-state index < -0.39 is 11.6 Å². The van der Waals surface area contributed by atoms with Crippen LogP contribution in [0.25, 0.3) is 0 Å². The van der Waals surface area contributed by atoms with Crippen LogP contribution in [-0.4, -0.2) is 13.1 Å². The molecule has 1 aromatic carbocycles. The highest BCUT2D eigenvalue weighted by molar-refractivity contribution is 5.23. The van der Waals surface area contributed by atoms with Gasteiger partial charge in [0.1, 0.15) is 11.6 Å². The van der Waals surface area contributed by atoms with E-state index in [1.54, 1.807) is 0 Å². The predicted molar refractivity (Wildman–Crippen MR) is 62.5 cm³/mol. The van der Waals surface area contributed by atoms with Gasteiger partial charge >= 0.3 is 0 Å². The normalized spacial score (nSPS) is 14.8. The molecule has 0 radical (unpaired) electrons. The van der Waals surface area contributed by atoms with Crippen LogP contribution in [0.4, 0.5) is 8.78 Å². The van der Waals surface area contributed by atoms with Gasteiger partial charge in [0.05, 0.1) is 0 Å². The second kappa shape index (κ2) is 5.94. The molecule has 2 atom stereocenters. The first kappa shape index (κ1) is 13.1. The van der Waals surface area contributed by atoms with Crippen molar-refractivity contribution in [1.29, 1.82) is 0 Å². The first-order chi connectivity index (χ1) is 7.57. The van der Waals surface area contributed by atoms with E-state index in [0.717, 1.165) is 13.1 Å². The van der Waals surface area contributed by atoms with Gasteiger partial charge in [-0.15, -0.1) is 0 Å². The van der Waals surface area contributed by atoms with Crippen LogP contribution >= 0.6 is 0 Å². The third-order valence-electron chi connectivity index (χ3n) is 3.02. The lowest BCUT2D eigenvalue weighted by molar-refractivity contribution is 0.422. The van der Waals surface area contributed by atoms with Gasteiger partial charge in [0.2, 0.25) is 0 Å². The zero-order valence-electron chi connectivity index (χ0n) is 10.1. The summed E-state index contributed by atoms with van der Waals surface area (Å²) in [5.74, 6) is -0.821. The molecule has 0 amide bonds. The van der Waals surface area contributed by atoms with Crippen molar-refractivity contribution >= 4 is 0 Å². The molecule has 1 rings (SSSR count). The molecule has 3 heteroatoms. The molecular weight excluding hydrogens is 208 g/mol. The maximum atomic E-state index is 13.5. The molecule has 0 aliphatic rings. The number of rotatable bonds is 5. The van der Waals surface area contributed by atoms with Gasteiger partial charge in [-0.1, -0.05) is 26.8 Å². The van der Waals surface area contributed by atoms with Gasteiger partial charge in [-0.25, -0.2) is 8.78 Å². The van der Waals surface area contributed by atoms with Gasteiger partial charge in [-0.3, -0.25) is 0 Å². The molecule has 0 aliphatic carbocycles. The Balaban J connectivity index is 2.82. The summed E-state index contributed by atoms with van der Waals surface area (Å²) in [7, 11) is 0. The lowest BCUT2D eigenvalue weighted by Crippen LogP contribution is -2.24. The van der Waals surface area contributed by atoms with Crippen molar-refractivity contribution in [2.75, 3.05) is 13.1 Å². The van der Waals surface area contributed by atoms with Gasteiger partial charge in [0.15, 0.2) is 0 Å². The van der Waals surface area contributed by atoms with E-state index in [4.69, 9.17) is 0 Å². The fourth-order valence-corrected chi connectivity index (χ4v) is 1.78. The van der Waals surface area contributed by atoms with E-state index in [0.29, 0.717) is 0 Å². The van der Waals surface area contributed by atoms with Crippen molar-refractivity contribution in [1.82, 2.24) is 5.32 Å². The molecule has 0 aliphatic heterocycles. The summed E-state index contributed by atoms with van der Waals surface area (Å²) in [6.45, 7) is 7.52. The number of benzene rings is 1. The monoisotopic (exact) mass is 227 g/mol. The number of nitrogens with one attached hydrogen (secondary N) is 1. The maximum absolute atomic E-state index is 13.5. The smallest absolute Gasteiger partial charge is 0.129 e. The van der Waals surface area contributed by atoms with Crippen LogP contribution in [0.15, 0.2) is 18.2 Å². The SMILES string of the molecule is CCNCC(C)C(C)c1c(F)cccc1F. The quantitative estimate of drug-likeness (QED) is 0.813. The largest absolute Gasteiger partial charge is 0.317 e. The van der Waals surface area contributed by atoms with Crippen LogP contribution < -0.4 is 5.32 Å². The molecule has 0 spiro atoms. The van der Waals surface area contributed by atoms with Crippen LogP contribution in [0.1, 0.15) is 32.3 Å². The maximum Gasteiger partial charge on any atom is 0.129 e. The van der Waals surface area contributed by atoms with E-state index in [1.807, 2.05) is 20.8 Å². The van der Waals surface area contributed by atoms with Gasteiger partial charge in [0, 0.05) is 5.56 Å². The molecule has 90 valence electrons. The summed E-state index contributed by atoms with van der Waals surface area (Å²) in [6.07, 6.45) is 0. The van der Waals surface area contributed by atoms with Crippen LogP contribution in [-0.2, 0) is 0 Å². The first-order valence-electron chi connectivity index (χ1n) is 5.72. The molecule has 1 N–H and O–H groups in total. The molecule has 1 aromatic rings. The van der Waals surface area contributed by atoms with Gasteiger partial charge < -0.3 is 5.32 Å². The Morgan fingerprint density at radius 2 is 1.75 bits per heavy atom. The van der Waals surface area contributed by atoms with Crippen molar-refractivity contribution in [3.05, 3.63) is 35.4 Å². The molecule has 0 heterocycles. The average Bonchev–Trinajstić information content (AvgIpc) is 2.25. The minimum absolute atomic E-state index is 0.125. The van der Waals surface area contributed by atoms with Crippen molar-refractivity contribution in [3.8, 4) is 0 Å². The van der Waals surface area contributed by atoms with Gasteiger partial charge in [0.25, 0.3) is 0 Å². The molecule has 2 unspecified atom stereocenters. The summed E-state index contributed by atoms with van der Waals surface area (Å²) in [5.41, 5.74) is 0.202. The molecule has 1 nitrogen and oxygen atoms in total. The fraction of sp³-hybridized carbons (Fsp3) is 0.538. The molecule has 0 fully saturated rings. The van der Waals surface area contributed by atoms with E-state index in [9.17, 15) is 8.78 Å². The van der Waals surface area contributed by atoms with E-state index >= 15 is 0 Å². The first-order valence-corrected chi connectivity index (χ1v) is 5.72. The number of hydrogen-bond acceptors (Lipinski definition) is 1. The molecule has 0 bridgehead atoms. The lowest BCUT2D eigenvalue weighted by Gasteiger charge is -2.21. The Hall–Kier alpha value is -0.960.